The Hall–Kier alpha value is -0.330. The van der Waals surface area contributed by atoms with Gasteiger partial charge in [-0.15, -0.1) is 0 Å². The number of carbonyl (C=O) groups excluding carboxylic acids is 1. The van der Waals surface area contributed by atoms with E-state index in [2.05, 4.69) is 6.92 Å². The van der Waals surface area contributed by atoms with Gasteiger partial charge in [-0.05, 0) is 61.7 Å². The van der Waals surface area contributed by atoms with Gasteiger partial charge in [0, 0.05) is 11.8 Å². The van der Waals surface area contributed by atoms with E-state index in [4.69, 9.17) is 0 Å². The van der Waals surface area contributed by atoms with Gasteiger partial charge in [0.25, 0.3) is 0 Å². The van der Waals surface area contributed by atoms with Crippen LogP contribution in [0.25, 0.3) is 0 Å². The van der Waals surface area contributed by atoms with Gasteiger partial charge >= 0.3 is 0 Å². The molecule has 4 bridgehead atoms. The van der Waals surface area contributed by atoms with Crippen molar-refractivity contribution in [3.63, 3.8) is 0 Å². The second kappa shape index (κ2) is 2.49. The van der Waals surface area contributed by atoms with Crippen molar-refractivity contribution in [2.45, 2.75) is 45.4 Å². The summed E-state index contributed by atoms with van der Waals surface area (Å²) in [5.41, 5.74) is 0.215. The summed E-state index contributed by atoms with van der Waals surface area (Å²) in [6.45, 7) is 2.43. The lowest BCUT2D eigenvalue weighted by molar-refractivity contribution is -0.188. The third-order valence-corrected chi connectivity index (χ3v) is 6.48. The molecule has 0 aromatic carbocycles. The number of hydrogen-bond acceptors (Lipinski definition) is 1. The van der Waals surface area contributed by atoms with Crippen molar-refractivity contribution in [2.75, 3.05) is 0 Å². The molecule has 5 aliphatic carbocycles. The predicted molar refractivity (Wildman–Crippen MR) is 58.3 cm³/mol. The van der Waals surface area contributed by atoms with Crippen molar-refractivity contribution in [3.8, 4) is 0 Å². The second-order valence-corrected chi connectivity index (χ2v) is 6.69. The zero-order chi connectivity index (χ0) is 10.2. The summed E-state index contributed by atoms with van der Waals surface area (Å²) in [6, 6.07) is 0. The van der Waals surface area contributed by atoms with Crippen LogP contribution < -0.4 is 0 Å². The minimum atomic E-state index is 0.215. The van der Waals surface area contributed by atoms with E-state index in [0.29, 0.717) is 5.78 Å². The molecule has 5 saturated carbocycles. The molecule has 0 aliphatic heterocycles. The summed E-state index contributed by atoms with van der Waals surface area (Å²) < 4.78 is 0. The molecule has 0 heterocycles. The molecule has 0 aromatic heterocycles. The zero-order valence-electron chi connectivity index (χ0n) is 9.54. The van der Waals surface area contributed by atoms with E-state index in [1.165, 1.54) is 32.1 Å². The summed E-state index contributed by atoms with van der Waals surface area (Å²) in [5, 5.41) is 0. The summed E-state index contributed by atoms with van der Waals surface area (Å²) in [4.78, 5) is 12.1. The molecule has 5 aliphatic rings. The average molecular weight is 204 g/mol. The molecule has 0 aromatic rings. The van der Waals surface area contributed by atoms with Gasteiger partial charge in [-0.3, -0.25) is 4.79 Å². The first-order valence-electron chi connectivity index (χ1n) is 6.75. The predicted octanol–water partition coefficient (Wildman–Crippen LogP) is 3.04. The fourth-order valence-corrected chi connectivity index (χ4v) is 5.75. The fraction of sp³-hybridized carbons (Fsp3) is 0.929. The van der Waals surface area contributed by atoms with Crippen LogP contribution in [0.1, 0.15) is 45.4 Å². The smallest absolute Gasteiger partial charge is 0.139 e. The molecular formula is C14H20O. The maximum absolute atomic E-state index is 12.1. The third-order valence-electron chi connectivity index (χ3n) is 6.48. The zero-order valence-corrected chi connectivity index (χ0v) is 9.54. The minimum Gasteiger partial charge on any atom is -0.299 e. The van der Waals surface area contributed by atoms with Crippen LogP contribution in [0.5, 0.6) is 0 Å². The molecule has 0 saturated heterocycles. The molecule has 4 unspecified atom stereocenters. The molecule has 0 amide bonds. The standard InChI is InChI=1S/C14H20O/c1-8-10-4-9-5-11(7-10)14(12(8)6-9)3-2-13(14)15/h8-12H,2-7H2,1H3/t8-,9?,10?,11?,12?,14-/m1/s1. The van der Waals surface area contributed by atoms with Gasteiger partial charge in [-0.1, -0.05) is 6.92 Å². The van der Waals surface area contributed by atoms with Crippen molar-refractivity contribution in [3.05, 3.63) is 0 Å². The van der Waals surface area contributed by atoms with Crippen molar-refractivity contribution < 1.29 is 4.79 Å². The van der Waals surface area contributed by atoms with Gasteiger partial charge in [0.05, 0.1) is 0 Å². The molecule has 0 radical (unpaired) electrons. The van der Waals surface area contributed by atoms with E-state index in [9.17, 15) is 4.79 Å². The Morgan fingerprint density at radius 3 is 2.73 bits per heavy atom. The molecule has 1 heteroatoms. The van der Waals surface area contributed by atoms with Gasteiger partial charge in [0.1, 0.15) is 5.78 Å². The summed E-state index contributed by atoms with van der Waals surface area (Å²) in [7, 11) is 0. The lowest BCUT2D eigenvalue weighted by atomic mass is 9.37. The highest BCUT2D eigenvalue weighted by Crippen LogP contribution is 2.69. The minimum absolute atomic E-state index is 0.215. The van der Waals surface area contributed by atoms with Crippen LogP contribution in [0.4, 0.5) is 0 Å². The highest BCUT2D eigenvalue weighted by atomic mass is 16.1. The highest BCUT2D eigenvalue weighted by Gasteiger charge is 2.65. The normalized spacial score (nSPS) is 61.1. The first-order chi connectivity index (χ1) is 7.22. The van der Waals surface area contributed by atoms with Crippen LogP contribution in [0, 0.1) is 35.0 Å². The van der Waals surface area contributed by atoms with E-state index in [-0.39, 0.29) is 5.41 Å². The largest absolute Gasteiger partial charge is 0.299 e. The van der Waals surface area contributed by atoms with Gasteiger partial charge in [-0.2, -0.15) is 0 Å². The molecule has 6 atom stereocenters. The van der Waals surface area contributed by atoms with Crippen LogP contribution >= 0.6 is 0 Å². The Balaban J connectivity index is 1.80. The monoisotopic (exact) mass is 204 g/mol. The van der Waals surface area contributed by atoms with Gasteiger partial charge < -0.3 is 0 Å². The molecule has 1 spiro atoms. The van der Waals surface area contributed by atoms with Crippen molar-refractivity contribution in [1.82, 2.24) is 0 Å². The Bertz CT molecular complexity index is 334. The quantitative estimate of drug-likeness (QED) is 0.592. The Kier molecular flexibility index (Phi) is 1.46. The summed E-state index contributed by atoms with van der Waals surface area (Å²) >= 11 is 0. The third kappa shape index (κ3) is 0.819. The SMILES string of the molecule is C[C@@H]1C2CC3CC(C2)[C@]2(CCC2=O)C1C3. The van der Waals surface area contributed by atoms with Crippen LogP contribution in [-0.2, 0) is 4.79 Å². The maximum atomic E-state index is 12.1. The lowest BCUT2D eigenvalue weighted by Crippen LogP contribution is -2.63. The number of ketones is 1. The molecule has 5 fully saturated rings. The van der Waals surface area contributed by atoms with E-state index in [1.807, 2.05) is 0 Å². The van der Waals surface area contributed by atoms with Crippen LogP contribution in [-0.4, -0.2) is 5.78 Å². The van der Waals surface area contributed by atoms with Gasteiger partial charge in [0.15, 0.2) is 0 Å². The Morgan fingerprint density at radius 2 is 2.07 bits per heavy atom. The molecular weight excluding hydrogens is 184 g/mol. The molecule has 15 heavy (non-hydrogen) atoms. The van der Waals surface area contributed by atoms with Gasteiger partial charge in [0.2, 0.25) is 0 Å². The van der Waals surface area contributed by atoms with Crippen molar-refractivity contribution >= 4 is 5.78 Å². The van der Waals surface area contributed by atoms with E-state index in [0.717, 1.165) is 36.0 Å². The maximum Gasteiger partial charge on any atom is 0.139 e. The van der Waals surface area contributed by atoms with Crippen molar-refractivity contribution in [1.29, 1.82) is 0 Å². The number of hydrogen-bond donors (Lipinski definition) is 0. The first kappa shape index (κ1) is 8.78. The van der Waals surface area contributed by atoms with Gasteiger partial charge in [-0.25, -0.2) is 0 Å². The first-order valence-corrected chi connectivity index (χ1v) is 6.75. The van der Waals surface area contributed by atoms with Crippen LogP contribution in [0.15, 0.2) is 0 Å². The van der Waals surface area contributed by atoms with E-state index < -0.39 is 0 Å². The van der Waals surface area contributed by atoms with Crippen LogP contribution in [0.2, 0.25) is 0 Å². The van der Waals surface area contributed by atoms with Crippen molar-refractivity contribution in [2.24, 2.45) is 35.0 Å². The fourth-order valence-electron chi connectivity index (χ4n) is 5.75. The Labute approximate surface area is 91.6 Å². The topological polar surface area (TPSA) is 17.1 Å². The molecule has 82 valence electrons. The summed E-state index contributed by atoms with van der Waals surface area (Å²) in [6.07, 6.45) is 7.80. The number of carbonyl (C=O) groups is 1. The number of Topliss-reactive ketones (excluding diaryl/α,β-unsaturated/α-hetero) is 1. The molecule has 0 N–H and O–H groups in total. The van der Waals surface area contributed by atoms with E-state index in [1.54, 1.807) is 0 Å². The highest BCUT2D eigenvalue weighted by molar-refractivity contribution is 5.91. The number of rotatable bonds is 0. The summed E-state index contributed by atoms with van der Waals surface area (Å²) in [5.74, 6) is 5.05. The van der Waals surface area contributed by atoms with Crippen LogP contribution in [0.3, 0.4) is 0 Å². The Morgan fingerprint density at radius 1 is 1.20 bits per heavy atom. The van der Waals surface area contributed by atoms with E-state index >= 15 is 0 Å². The molecule has 1 nitrogen and oxygen atoms in total. The average Bonchev–Trinajstić information content (AvgIpc) is 2.23. The second-order valence-electron chi connectivity index (χ2n) is 6.69. The molecule has 5 rings (SSSR count). The lowest BCUT2D eigenvalue weighted by Gasteiger charge is -2.66.